The van der Waals surface area contributed by atoms with E-state index >= 15 is 0 Å². The lowest BCUT2D eigenvalue weighted by Gasteiger charge is -2.18. The Labute approximate surface area is 153 Å². The first kappa shape index (κ1) is 18.5. The second-order valence-corrected chi connectivity index (χ2v) is 6.85. The third-order valence-corrected chi connectivity index (χ3v) is 5.02. The maximum absolute atomic E-state index is 12.7. The van der Waals surface area contributed by atoms with Gasteiger partial charge in [0.05, 0.1) is 48.1 Å². The Bertz CT molecular complexity index is 748. The molecule has 0 aliphatic carbocycles. The fourth-order valence-corrected chi connectivity index (χ4v) is 3.56. The summed E-state index contributed by atoms with van der Waals surface area (Å²) < 4.78 is 16.5. The molecule has 1 aromatic carbocycles. The summed E-state index contributed by atoms with van der Waals surface area (Å²) in [5.74, 6) is 0.977. The van der Waals surface area contributed by atoms with Crippen molar-refractivity contribution in [2.45, 2.75) is 19.9 Å². The van der Waals surface area contributed by atoms with Gasteiger partial charge in [0.2, 0.25) is 5.75 Å². The Balaban J connectivity index is 2.35. The van der Waals surface area contributed by atoms with Crippen molar-refractivity contribution in [3.8, 4) is 17.2 Å². The highest BCUT2D eigenvalue weighted by Gasteiger charge is 2.24. The van der Waals surface area contributed by atoms with Crippen LogP contribution in [-0.4, -0.2) is 32.2 Å². The molecule has 6 nitrogen and oxygen atoms in total. The summed E-state index contributed by atoms with van der Waals surface area (Å²) in [6.07, 6.45) is 0. The second kappa shape index (κ2) is 7.85. The second-order valence-electron chi connectivity index (χ2n) is 4.99. The zero-order chi connectivity index (χ0) is 17.9. The van der Waals surface area contributed by atoms with Gasteiger partial charge in [-0.25, -0.2) is 4.98 Å². The molecule has 0 saturated carbocycles. The Kier molecular flexibility index (Phi) is 6.06. The first-order valence-corrected chi connectivity index (χ1v) is 8.81. The van der Waals surface area contributed by atoms with Gasteiger partial charge >= 0.3 is 0 Å². The molecule has 0 aliphatic heterocycles. The summed E-state index contributed by atoms with van der Waals surface area (Å²) in [7, 11) is 4.52. The van der Waals surface area contributed by atoms with Crippen molar-refractivity contribution < 1.29 is 19.0 Å². The average Bonchev–Trinajstić information content (AvgIpc) is 3.00. The number of aromatic nitrogens is 1. The van der Waals surface area contributed by atoms with Crippen molar-refractivity contribution >= 4 is 33.2 Å². The number of amides is 1. The molecule has 2 aromatic rings. The molecule has 1 heterocycles. The maximum atomic E-state index is 12.7. The normalized spacial score (nSPS) is 11.8. The Morgan fingerprint density at radius 1 is 1.25 bits per heavy atom. The van der Waals surface area contributed by atoms with Gasteiger partial charge in [-0.05, 0) is 35.8 Å². The van der Waals surface area contributed by atoms with Crippen molar-refractivity contribution in [1.82, 2.24) is 10.3 Å². The van der Waals surface area contributed by atoms with E-state index in [1.807, 2.05) is 19.2 Å². The third kappa shape index (κ3) is 3.64. The molecule has 0 fully saturated rings. The number of ether oxygens (including phenoxy) is 3. The predicted octanol–water partition coefficient (Wildman–Crippen LogP) is 3.73. The smallest absolute Gasteiger partial charge is 0.253 e. The fourth-order valence-electron chi connectivity index (χ4n) is 2.21. The van der Waals surface area contributed by atoms with Crippen molar-refractivity contribution in [1.29, 1.82) is 0 Å². The molecule has 0 saturated heterocycles. The van der Waals surface area contributed by atoms with Crippen LogP contribution in [0, 0.1) is 6.92 Å². The molecule has 0 spiro atoms. The monoisotopic (exact) mass is 414 g/mol. The van der Waals surface area contributed by atoms with Gasteiger partial charge in [0.15, 0.2) is 11.5 Å². The highest BCUT2D eigenvalue weighted by atomic mass is 79.9. The van der Waals surface area contributed by atoms with Crippen LogP contribution < -0.4 is 19.5 Å². The lowest BCUT2D eigenvalue weighted by Crippen LogP contribution is -2.27. The Morgan fingerprint density at radius 2 is 1.92 bits per heavy atom. The molecule has 1 unspecified atom stereocenters. The number of rotatable bonds is 6. The lowest BCUT2D eigenvalue weighted by molar-refractivity contribution is 0.0937. The minimum absolute atomic E-state index is 0.214. The number of carbonyl (C=O) groups is 1. The van der Waals surface area contributed by atoms with Gasteiger partial charge in [-0.1, -0.05) is 0 Å². The number of aryl methyl sites for hydroxylation is 1. The summed E-state index contributed by atoms with van der Waals surface area (Å²) in [5.41, 5.74) is 1.22. The first-order chi connectivity index (χ1) is 11.4. The molecule has 0 radical (unpaired) electrons. The molecule has 8 heteroatoms. The van der Waals surface area contributed by atoms with Crippen LogP contribution in [0.2, 0.25) is 0 Å². The van der Waals surface area contributed by atoms with Crippen molar-refractivity contribution in [2.24, 2.45) is 0 Å². The van der Waals surface area contributed by atoms with E-state index in [4.69, 9.17) is 14.2 Å². The van der Waals surface area contributed by atoms with Gasteiger partial charge in [-0.2, -0.15) is 0 Å². The van der Waals surface area contributed by atoms with Gasteiger partial charge in [-0.15, -0.1) is 11.3 Å². The predicted molar refractivity (Wildman–Crippen MR) is 96.5 cm³/mol. The number of methoxy groups -OCH3 is 3. The molecule has 2 rings (SSSR count). The highest BCUT2D eigenvalue weighted by molar-refractivity contribution is 9.10. The van der Waals surface area contributed by atoms with E-state index in [0.717, 1.165) is 10.7 Å². The standard InChI is InChI=1S/C16H19BrN2O4S/c1-8(11-7-24-9(2)19-11)18-16(20)10-6-12(21-3)14(22-4)15(23-5)13(10)17/h6-8H,1-5H3,(H,18,20). The van der Waals surface area contributed by atoms with E-state index in [0.29, 0.717) is 27.3 Å². The van der Waals surface area contributed by atoms with Crippen molar-refractivity contribution in [3.05, 3.63) is 32.2 Å². The van der Waals surface area contributed by atoms with Gasteiger partial charge < -0.3 is 19.5 Å². The minimum atomic E-state index is -0.265. The quantitative estimate of drug-likeness (QED) is 0.779. The molecule has 1 atom stereocenters. The lowest BCUT2D eigenvalue weighted by atomic mass is 10.1. The van der Waals surface area contributed by atoms with E-state index in [1.54, 1.807) is 17.4 Å². The molecule has 0 bridgehead atoms. The largest absolute Gasteiger partial charge is 0.493 e. The summed E-state index contributed by atoms with van der Waals surface area (Å²) >= 11 is 4.96. The number of benzene rings is 1. The van der Waals surface area contributed by atoms with E-state index < -0.39 is 0 Å². The molecule has 24 heavy (non-hydrogen) atoms. The number of hydrogen-bond donors (Lipinski definition) is 1. The molecular formula is C16H19BrN2O4S. The third-order valence-electron chi connectivity index (χ3n) is 3.44. The number of carbonyl (C=O) groups excluding carboxylic acids is 1. The van der Waals surface area contributed by atoms with E-state index in [-0.39, 0.29) is 11.9 Å². The van der Waals surface area contributed by atoms with Gasteiger partial charge in [0, 0.05) is 5.38 Å². The summed E-state index contributed by atoms with van der Waals surface area (Å²) in [6, 6.07) is 1.40. The zero-order valence-electron chi connectivity index (χ0n) is 14.1. The van der Waals surface area contributed by atoms with Crippen LogP contribution in [0.5, 0.6) is 17.2 Å². The van der Waals surface area contributed by atoms with Crippen LogP contribution in [-0.2, 0) is 0 Å². The van der Waals surface area contributed by atoms with Crippen LogP contribution in [0.4, 0.5) is 0 Å². The molecule has 1 amide bonds. The van der Waals surface area contributed by atoms with Gasteiger partial charge in [0.25, 0.3) is 5.91 Å². The zero-order valence-corrected chi connectivity index (χ0v) is 16.5. The van der Waals surface area contributed by atoms with Crippen LogP contribution in [0.25, 0.3) is 0 Å². The fraction of sp³-hybridized carbons (Fsp3) is 0.375. The topological polar surface area (TPSA) is 69.7 Å². The van der Waals surface area contributed by atoms with E-state index in [1.165, 1.54) is 21.3 Å². The maximum Gasteiger partial charge on any atom is 0.253 e. The van der Waals surface area contributed by atoms with E-state index in [9.17, 15) is 4.79 Å². The number of thiazole rings is 1. The minimum Gasteiger partial charge on any atom is -0.493 e. The summed E-state index contributed by atoms with van der Waals surface area (Å²) in [6.45, 7) is 3.82. The van der Waals surface area contributed by atoms with Crippen molar-refractivity contribution in [3.63, 3.8) is 0 Å². The van der Waals surface area contributed by atoms with Crippen LogP contribution in [0.15, 0.2) is 15.9 Å². The number of nitrogens with one attached hydrogen (secondary N) is 1. The van der Waals surface area contributed by atoms with Crippen LogP contribution in [0.3, 0.4) is 0 Å². The van der Waals surface area contributed by atoms with Gasteiger partial charge in [-0.3, -0.25) is 4.79 Å². The van der Waals surface area contributed by atoms with E-state index in [2.05, 4.69) is 26.2 Å². The Morgan fingerprint density at radius 3 is 2.42 bits per heavy atom. The molecule has 130 valence electrons. The average molecular weight is 415 g/mol. The van der Waals surface area contributed by atoms with Gasteiger partial charge in [0.1, 0.15) is 0 Å². The molecule has 1 N–H and O–H groups in total. The number of hydrogen-bond acceptors (Lipinski definition) is 6. The first-order valence-electron chi connectivity index (χ1n) is 7.14. The number of halogens is 1. The highest BCUT2D eigenvalue weighted by Crippen LogP contribution is 2.44. The molecular weight excluding hydrogens is 396 g/mol. The summed E-state index contributed by atoms with van der Waals surface area (Å²) in [5, 5.41) is 5.82. The Hall–Kier alpha value is -1.80. The van der Waals surface area contributed by atoms with Crippen LogP contribution in [0.1, 0.15) is 34.0 Å². The molecule has 0 aliphatic rings. The number of nitrogens with zero attached hydrogens (tertiary/aromatic N) is 1. The SMILES string of the molecule is COc1cc(C(=O)NC(C)c2csc(C)n2)c(Br)c(OC)c1OC. The molecule has 1 aromatic heterocycles. The van der Waals surface area contributed by atoms with Crippen LogP contribution >= 0.6 is 27.3 Å². The van der Waals surface area contributed by atoms with Crippen molar-refractivity contribution in [2.75, 3.05) is 21.3 Å². The summed E-state index contributed by atoms with van der Waals surface area (Å²) in [4.78, 5) is 17.1.